The summed E-state index contributed by atoms with van der Waals surface area (Å²) in [5.74, 6) is 0.801. The lowest BCUT2D eigenvalue weighted by atomic mass is 9.68. The second-order valence-electron chi connectivity index (χ2n) is 8.17. The van der Waals surface area contributed by atoms with Crippen LogP contribution in [0.3, 0.4) is 0 Å². The van der Waals surface area contributed by atoms with Crippen molar-refractivity contribution in [3.63, 3.8) is 0 Å². The lowest BCUT2D eigenvalue weighted by Crippen LogP contribution is -2.47. The van der Waals surface area contributed by atoms with Crippen molar-refractivity contribution in [2.45, 2.75) is 31.7 Å². The Labute approximate surface area is 161 Å². The van der Waals surface area contributed by atoms with Crippen molar-refractivity contribution >= 4 is 5.96 Å². The molecule has 2 heterocycles. The first-order valence-corrected chi connectivity index (χ1v) is 10.2. The summed E-state index contributed by atoms with van der Waals surface area (Å²) in [5.41, 5.74) is 1.56. The van der Waals surface area contributed by atoms with Gasteiger partial charge >= 0.3 is 0 Å². The largest absolute Gasteiger partial charge is 0.379 e. The van der Waals surface area contributed by atoms with Gasteiger partial charge in [-0.05, 0) is 42.4 Å². The van der Waals surface area contributed by atoms with Crippen molar-refractivity contribution in [1.82, 2.24) is 15.1 Å². The first-order valence-electron chi connectivity index (χ1n) is 10.2. The van der Waals surface area contributed by atoms with Crippen molar-refractivity contribution in [3.8, 4) is 0 Å². The molecule has 1 atom stereocenters. The number of ether oxygens (including phenoxy) is 1. The maximum absolute atomic E-state index is 13.8. The van der Waals surface area contributed by atoms with E-state index in [1.54, 1.807) is 12.1 Å². The third-order valence-electron chi connectivity index (χ3n) is 6.54. The first-order chi connectivity index (χ1) is 13.2. The first kappa shape index (κ1) is 18.7. The van der Waals surface area contributed by atoms with Gasteiger partial charge in [-0.2, -0.15) is 0 Å². The fourth-order valence-corrected chi connectivity index (χ4v) is 4.78. The summed E-state index contributed by atoms with van der Waals surface area (Å²) in [5, 5.41) is 3.58. The monoisotopic (exact) mass is 374 g/mol. The molecule has 1 spiro atoms. The summed E-state index contributed by atoms with van der Waals surface area (Å²) in [6.07, 6.45) is 5.38. The van der Waals surface area contributed by atoms with Crippen molar-refractivity contribution in [1.29, 1.82) is 0 Å². The predicted molar refractivity (Wildman–Crippen MR) is 105 cm³/mol. The smallest absolute Gasteiger partial charge is 0.193 e. The summed E-state index contributed by atoms with van der Waals surface area (Å²) in [7, 11) is 1.86. The molecule has 3 aliphatic rings. The Morgan fingerprint density at radius 2 is 2.07 bits per heavy atom. The number of nitrogens with one attached hydrogen (secondary N) is 1. The summed E-state index contributed by atoms with van der Waals surface area (Å²) in [6, 6.07) is 7.10. The summed E-state index contributed by atoms with van der Waals surface area (Å²) in [4.78, 5) is 9.33. The van der Waals surface area contributed by atoms with E-state index in [1.807, 2.05) is 13.1 Å². The van der Waals surface area contributed by atoms with Crippen LogP contribution in [0.4, 0.5) is 4.39 Å². The highest BCUT2D eigenvalue weighted by Gasteiger charge is 2.43. The van der Waals surface area contributed by atoms with Gasteiger partial charge in [0.2, 0.25) is 0 Å². The molecule has 1 N–H and O–H groups in total. The number of rotatable bonds is 4. The lowest BCUT2D eigenvalue weighted by Gasteiger charge is -2.38. The molecule has 2 saturated heterocycles. The minimum Gasteiger partial charge on any atom is -0.379 e. The molecule has 0 aromatic heterocycles. The number of hydrogen-bond donors (Lipinski definition) is 1. The Kier molecular flexibility index (Phi) is 5.64. The molecule has 1 aromatic rings. The van der Waals surface area contributed by atoms with E-state index >= 15 is 0 Å². The van der Waals surface area contributed by atoms with Crippen LogP contribution in [-0.4, -0.2) is 68.7 Å². The Balaban J connectivity index is 1.44. The number of likely N-dealkylation sites (tertiary alicyclic amines) is 1. The summed E-state index contributed by atoms with van der Waals surface area (Å²) in [6.45, 7) is 6.13. The minimum atomic E-state index is -0.179. The Morgan fingerprint density at radius 1 is 1.26 bits per heavy atom. The van der Waals surface area contributed by atoms with Gasteiger partial charge in [0.05, 0.1) is 19.3 Å². The highest BCUT2D eigenvalue weighted by atomic mass is 19.1. The van der Waals surface area contributed by atoms with Crippen LogP contribution in [0.5, 0.6) is 0 Å². The Hall–Kier alpha value is -1.66. The van der Waals surface area contributed by atoms with Crippen LogP contribution < -0.4 is 5.32 Å². The maximum atomic E-state index is 13.8. The van der Waals surface area contributed by atoms with Gasteiger partial charge in [0, 0.05) is 39.8 Å². The second kappa shape index (κ2) is 8.15. The van der Waals surface area contributed by atoms with E-state index in [9.17, 15) is 4.39 Å². The molecule has 2 aliphatic heterocycles. The number of benzene rings is 1. The van der Waals surface area contributed by atoms with Crippen LogP contribution in [0.2, 0.25) is 0 Å². The SMILES string of the molecule is CN=C(NCC(c1cccc(F)c1)N1CCOCC1)N1CCC2(CCC2)C1. The van der Waals surface area contributed by atoms with E-state index in [4.69, 9.17) is 4.74 Å². The van der Waals surface area contributed by atoms with Gasteiger partial charge in [0.15, 0.2) is 5.96 Å². The number of morpholine rings is 1. The highest BCUT2D eigenvalue weighted by molar-refractivity contribution is 5.80. The minimum absolute atomic E-state index is 0.113. The third-order valence-corrected chi connectivity index (χ3v) is 6.54. The van der Waals surface area contributed by atoms with Crippen LogP contribution in [0.1, 0.15) is 37.3 Å². The number of guanidine groups is 1. The van der Waals surface area contributed by atoms with E-state index in [2.05, 4.69) is 20.1 Å². The van der Waals surface area contributed by atoms with E-state index in [1.165, 1.54) is 31.7 Å². The molecule has 1 saturated carbocycles. The van der Waals surface area contributed by atoms with Gasteiger partial charge in [-0.15, -0.1) is 0 Å². The van der Waals surface area contributed by atoms with Gasteiger partial charge in [-0.1, -0.05) is 18.6 Å². The van der Waals surface area contributed by atoms with Gasteiger partial charge in [0.25, 0.3) is 0 Å². The quantitative estimate of drug-likeness (QED) is 0.650. The van der Waals surface area contributed by atoms with E-state index in [-0.39, 0.29) is 11.9 Å². The standard InChI is InChI=1S/C21H31FN4O/c1-23-20(26-9-8-21(16-26)6-3-7-21)24-15-19(25-10-12-27-13-11-25)17-4-2-5-18(22)14-17/h2,4-5,14,19H,3,6-13,15-16H2,1H3,(H,23,24). The zero-order valence-corrected chi connectivity index (χ0v) is 16.3. The van der Waals surface area contributed by atoms with Gasteiger partial charge < -0.3 is 15.0 Å². The predicted octanol–water partition coefficient (Wildman–Crippen LogP) is 2.65. The number of nitrogens with zero attached hydrogens (tertiary/aromatic N) is 3. The van der Waals surface area contributed by atoms with Crippen LogP contribution in [-0.2, 0) is 4.74 Å². The summed E-state index contributed by atoms with van der Waals surface area (Å²) >= 11 is 0. The zero-order chi connectivity index (χ0) is 18.7. The molecular weight excluding hydrogens is 343 g/mol. The van der Waals surface area contributed by atoms with Crippen LogP contribution in [0, 0.1) is 11.2 Å². The Bertz CT molecular complexity index is 670. The van der Waals surface area contributed by atoms with Crippen LogP contribution >= 0.6 is 0 Å². The zero-order valence-electron chi connectivity index (χ0n) is 16.3. The molecule has 0 bridgehead atoms. The van der Waals surface area contributed by atoms with E-state index in [0.717, 1.165) is 57.5 Å². The van der Waals surface area contributed by atoms with Crippen molar-refractivity contribution < 1.29 is 9.13 Å². The highest BCUT2D eigenvalue weighted by Crippen LogP contribution is 2.47. The molecule has 5 nitrogen and oxygen atoms in total. The molecule has 4 rings (SSSR count). The van der Waals surface area contributed by atoms with Crippen LogP contribution in [0.15, 0.2) is 29.3 Å². The van der Waals surface area contributed by atoms with Crippen molar-refractivity contribution in [3.05, 3.63) is 35.6 Å². The maximum Gasteiger partial charge on any atom is 0.193 e. The van der Waals surface area contributed by atoms with Gasteiger partial charge in [-0.3, -0.25) is 9.89 Å². The second-order valence-corrected chi connectivity index (χ2v) is 8.17. The number of hydrogen-bond acceptors (Lipinski definition) is 3. The normalized spacial score (nSPS) is 24.1. The van der Waals surface area contributed by atoms with Gasteiger partial charge in [-0.25, -0.2) is 4.39 Å². The van der Waals surface area contributed by atoms with Crippen LogP contribution in [0.25, 0.3) is 0 Å². The molecular formula is C21H31FN4O. The number of aliphatic imine (C=N–C) groups is 1. The molecule has 27 heavy (non-hydrogen) atoms. The van der Waals surface area contributed by atoms with E-state index in [0.29, 0.717) is 5.41 Å². The molecule has 1 aromatic carbocycles. The fraction of sp³-hybridized carbons (Fsp3) is 0.667. The Morgan fingerprint density at radius 3 is 2.70 bits per heavy atom. The average Bonchev–Trinajstić information content (AvgIpc) is 3.12. The summed E-state index contributed by atoms with van der Waals surface area (Å²) < 4.78 is 19.4. The topological polar surface area (TPSA) is 40.1 Å². The third kappa shape index (κ3) is 4.11. The molecule has 6 heteroatoms. The molecule has 1 unspecified atom stereocenters. The van der Waals surface area contributed by atoms with Gasteiger partial charge in [0.1, 0.15) is 5.82 Å². The lowest BCUT2D eigenvalue weighted by molar-refractivity contribution is 0.0168. The molecule has 1 aliphatic carbocycles. The van der Waals surface area contributed by atoms with Crippen molar-refractivity contribution in [2.24, 2.45) is 10.4 Å². The molecule has 148 valence electrons. The molecule has 0 radical (unpaired) electrons. The molecule has 3 fully saturated rings. The molecule has 0 amide bonds. The van der Waals surface area contributed by atoms with E-state index < -0.39 is 0 Å². The number of halogens is 1. The average molecular weight is 375 g/mol. The fourth-order valence-electron chi connectivity index (χ4n) is 4.78. The van der Waals surface area contributed by atoms with Crippen molar-refractivity contribution in [2.75, 3.05) is 53.0 Å².